The summed E-state index contributed by atoms with van der Waals surface area (Å²) in [6.07, 6.45) is 4.50. The van der Waals surface area contributed by atoms with Gasteiger partial charge in [0.05, 0.1) is 0 Å². The molecule has 6 nitrogen and oxygen atoms in total. The Labute approximate surface area is 127 Å². The molecule has 1 aliphatic carbocycles. The maximum Gasteiger partial charge on any atom is 0.243 e. The van der Waals surface area contributed by atoms with Crippen LogP contribution in [0.2, 0.25) is 5.02 Å². The van der Waals surface area contributed by atoms with Crippen LogP contribution in [-0.4, -0.2) is 32.2 Å². The maximum atomic E-state index is 11.9. The van der Waals surface area contributed by atoms with E-state index in [0.29, 0.717) is 16.9 Å². The number of nitrogens with zero attached hydrogens (tertiary/aromatic N) is 4. The molecule has 0 bridgehead atoms. The van der Waals surface area contributed by atoms with E-state index >= 15 is 0 Å². The third-order valence-electron chi connectivity index (χ3n) is 3.56. The summed E-state index contributed by atoms with van der Waals surface area (Å²) in [6, 6.07) is 7.48. The van der Waals surface area contributed by atoms with Crippen LogP contribution in [0.15, 0.2) is 24.3 Å². The molecule has 0 spiro atoms. The second-order valence-electron chi connectivity index (χ2n) is 5.20. The molecule has 0 radical (unpaired) electrons. The zero-order valence-corrected chi connectivity index (χ0v) is 12.3. The number of carbonyl (C=O) groups is 1. The van der Waals surface area contributed by atoms with Crippen LogP contribution in [0.4, 0.5) is 0 Å². The number of rotatable bonds is 4. The summed E-state index contributed by atoms with van der Waals surface area (Å²) in [5.41, 5.74) is 0.821. The fraction of sp³-hybridized carbons (Fsp3) is 0.429. The quantitative estimate of drug-likeness (QED) is 0.938. The van der Waals surface area contributed by atoms with Crippen molar-refractivity contribution in [1.29, 1.82) is 0 Å². The third kappa shape index (κ3) is 3.58. The average Bonchev–Trinajstić information content (AvgIpc) is 3.11. The van der Waals surface area contributed by atoms with E-state index in [1.54, 1.807) is 12.1 Å². The number of hydrogen-bond donors (Lipinski definition) is 1. The number of tetrazole rings is 1. The lowest BCUT2D eigenvalue weighted by Crippen LogP contribution is -2.35. The fourth-order valence-electron chi connectivity index (χ4n) is 2.50. The van der Waals surface area contributed by atoms with Gasteiger partial charge >= 0.3 is 0 Å². The lowest BCUT2D eigenvalue weighted by molar-refractivity contribution is -0.122. The molecule has 0 aliphatic heterocycles. The highest BCUT2D eigenvalue weighted by atomic mass is 35.5. The van der Waals surface area contributed by atoms with Gasteiger partial charge in [0.15, 0.2) is 0 Å². The van der Waals surface area contributed by atoms with Crippen LogP contribution in [0.25, 0.3) is 11.4 Å². The molecule has 7 heteroatoms. The monoisotopic (exact) mass is 305 g/mol. The molecular weight excluding hydrogens is 290 g/mol. The summed E-state index contributed by atoms with van der Waals surface area (Å²) in [6.45, 7) is 0.0943. The molecule has 1 aromatic heterocycles. The predicted molar refractivity (Wildman–Crippen MR) is 78.7 cm³/mol. The molecule has 1 aliphatic rings. The molecule has 1 aromatic carbocycles. The Bertz CT molecular complexity index is 619. The van der Waals surface area contributed by atoms with Crippen molar-refractivity contribution in [3.05, 3.63) is 29.3 Å². The van der Waals surface area contributed by atoms with Crippen molar-refractivity contribution >= 4 is 17.5 Å². The molecular formula is C14H16ClN5O. The van der Waals surface area contributed by atoms with E-state index in [9.17, 15) is 4.79 Å². The second-order valence-corrected chi connectivity index (χ2v) is 5.64. The van der Waals surface area contributed by atoms with Crippen LogP contribution >= 0.6 is 11.6 Å². The van der Waals surface area contributed by atoms with Gasteiger partial charge in [-0.1, -0.05) is 24.4 Å². The first-order valence-electron chi connectivity index (χ1n) is 7.04. The van der Waals surface area contributed by atoms with Gasteiger partial charge in [0, 0.05) is 16.6 Å². The fourth-order valence-corrected chi connectivity index (χ4v) is 2.62. The lowest BCUT2D eigenvalue weighted by Gasteiger charge is -2.10. The Balaban J connectivity index is 1.61. The number of carbonyl (C=O) groups excluding carboxylic acids is 1. The van der Waals surface area contributed by atoms with E-state index in [1.165, 1.54) is 17.6 Å². The normalized spacial score (nSPS) is 15.3. The van der Waals surface area contributed by atoms with Crippen molar-refractivity contribution in [2.75, 3.05) is 0 Å². The minimum atomic E-state index is -0.0676. The molecule has 0 unspecified atom stereocenters. The predicted octanol–water partition coefficient (Wildman–Crippen LogP) is 2.05. The number of benzene rings is 1. The van der Waals surface area contributed by atoms with Crippen molar-refractivity contribution in [2.24, 2.45) is 0 Å². The topological polar surface area (TPSA) is 72.7 Å². The molecule has 1 amide bonds. The Morgan fingerprint density at radius 1 is 1.29 bits per heavy atom. The van der Waals surface area contributed by atoms with Gasteiger partial charge in [-0.2, -0.15) is 4.80 Å². The van der Waals surface area contributed by atoms with E-state index in [4.69, 9.17) is 11.6 Å². The Kier molecular flexibility index (Phi) is 4.15. The van der Waals surface area contributed by atoms with Crippen molar-refractivity contribution in [1.82, 2.24) is 25.5 Å². The number of halogens is 1. The van der Waals surface area contributed by atoms with E-state index in [-0.39, 0.29) is 12.5 Å². The molecule has 1 saturated carbocycles. The van der Waals surface area contributed by atoms with Crippen LogP contribution in [0.5, 0.6) is 0 Å². The molecule has 1 N–H and O–H groups in total. The summed E-state index contributed by atoms with van der Waals surface area (Å²) in [5, 5.41) is 15.7. The van der Waals surface area contributed by atoms with Crippen molar-refractivity contribution in [2.45, 2.75) is 38.3 Å². The molecule has 3 rings (SSSR count). The molecule has 21 heavy (non-hydrogen) atoms. The van der Waals surface area contributed by atoms with E-state index in [0.717, 1.165) is 18.4 Å². The maximum absolute atomic E-state index is 11.9. The lowest BCUT2D eigenvalue weighted by atomic mass is 10.2. The summed E-state index contributed by atoms with van der Waals surface area (Å²) in [5.74, 6) is 0.419. The number of nitrogens with one attached hydrogen (secondary N) is 1. The zero-order valence-electron chi connectivity index (χ0n) is 11.5. The zero-order chi connectivity index (χ0) is 14.7. The average molecular weight is 306 g/mol. The van der Waals surface area contributed by atoms with Crippen LogP contribution in [-0.2, 0) is 11.3 Å². The molecule has 0 saturated heterocycles. The largest absolute Gasteiger partial charge is 0.352 e. The first kappa shape index (κ1) is 14.0. The Morgan fingerprint density at radius 3 is 2.71 bits per heavy atom. The highest BCUT2D eigenvalue weighted by Gasteiger charge is 2.18. The van der Waals surface area contributed by atoms with E-state index < -0.39 is 0 Å². The number of hydrogen-bond acceptors (Lipinski definition) is 4. The first-order chi connectivity index (χ1) is 10.2. The van der Waals surface area contributed by atoms with Gasteiger partial charge in [-0.15, -0.1) is 10.2 Å². The van der Waals surface area contributed by atoms with E-state index in [2.05, 4.69) is 20.7 Å². The van der Waals surface area contributed by atoms with Gasteiger partial charge in [0.1, 0.15) is 6.54 Å². The third-order valence-corrected chi connectivity index (χ3v) is 3.81. The minimum Gasteiger partial charge on any atom is -0.352 e. The van der Waals surface area contributed by atoms with Crippen molar-refractivity contribution in [3.63, 3.8) is 0 Å². The molecule has 1 fully saturated rings. The van der Waals surface area contributed by atoms with Crippen LogP contribution in [0.3, 0.4) is 0 Å². The summed E-state index contributed by atoms with van der Waals surface area (Å²) in [7, 11) is 0. The molecule has 0 atom stereocenters. The van der Waals surface area contributed by atoms with Gasteiger partial charge in [0.2, 0.25) is 11.7 Å². The van der Waals surface area contributed by atoms with Crippen molar-refractivity contribution < 1.29 is 4.79 Å². The molecule has 110 valence electrons. The summed E-state index contributed by atoms with van der Waals surface area (Å²) < 4.78 is 0. The van der Waals surface area contributed by atoms with Gasteiger partial charge in [0.25, 0.3) is 0 Å². The molecule has 1 heterocycles. The Hall–Kier alpha value is -1.95. The Morgan fingerprint density at radius 2 is 2.00 bits per heavy atom. The smallest absolute Gasteiger partial charge is 0.243 e. The van der Waals surface area contributed by atoms with Crippen LogP contribution in [0.1, 0.15) is 25.7 Å². The van der Waals surface area contributed by atoms with Gasteiger partial charge < -0.3 is 5.32 Å². The van der Waals surface area contributed by atoms with E-state index in [1.807, 2.05) is 12.1 Å². The van der Waals surface area contributed by atoms with Crippen LogP contribution < -0.4 is 5.32 Å². The van der Waals surface area contributed by atoms with Gasteiger partial charge in [-0.05, 0) is 42.3 Å². The second kappa shape index (κ2) is 6.22. The first-order valence-corrected chi connectivity index (χ1v) is 7.41. The number of amides is 1. The van der Waals surface area contributed by atoms with Crippen molar-refractivity contribution in [3.8, 4) is 11.4 Å². The minimum absolute atomic E-state index is 0.0676. The number of aromatic nitrogens is 4. The standard InChI is InChI=1S/C14H16ClN5O/c15-11-7-5-10(6-8-11)14-17-19-20(18-14)9-13(21)16-12-3-1-2-4-12/h5-8,12H,1-4,9H2,(H,16,21). The molecule has 2 aromatic rings. The summed E-state index contributed by atoms with van der Waals surface area (Å²) >= 11 is 5.84. The highest BCUT2D eigenvalue weighted by Crippen LogP contribution is 2.18. The SMILES string of the molecule is O=C(Cn1nnc(-c2ccc(Cl)cc2)n1)NC1CCCC1. The summed E-state index contributed by atoms with van der Waals surface area (Å²) in [4.78, 5) is 13.2. The highest BCUT2D eigenvalue weighted by molar-refractivity contribution is 6.30. The van der Waals surface area contributed by atoms with Gasteiger partial charge in [-0.25, -0.2) is 0 Å². The van der Waals surface area contributed by atoms with Crippen LogP contribution in [0, 0.1) is 0 Å². The van der Waals surface area contributed by atoms with Gasteiger partial charge in [-0.3, -0.25) is 4.79 Å².